The minimum atomic E-state index is -4.57. The molecule has 2 aromatic carbocycles. The van der Waals surface area contributed by atoms with Crippen LogP contribution in [-0.4, -0.2) is 19.5 Å². The smallest absolute Gasteiger partial charge is 0.360 e. The van der Waals surface area contributed by atoms with Gasteiger partial charge in [0.15, 0.2) is 5.82 Å². The molecule has 1 heterocycles. The number of nitrogens with zero attached hydrogens (tertiary/aromatic N) is 1. The van der Waals surface area contributed by atoms with Crippen LogP contribution in [0.1, 0.15) is 21.7 Å². The van der Waals surface area contributed by atoms with E-state index in [1.807, 2.05) is 0 Å². The number of carbonyl (C=O) groups excluding carboxylic acids is 1. The molecule has 0 spiro atoms. The predicted molar refractivity (Wildman–Crippen MR) is 97.9 cm³/mol. The lowest BCUT2D eigenvalue weighted by atomic mass is 10.1. The number of hydrogen-bond donors (Lipinski definition) is 2. The number of halogens is 3. The van der Waals surface area contributed by atoms with Crippen molar-refractivity contribution in [3.63, 3.8) is 0 Å². The Morgan fingerprint density at radius 2 is 1.76 bits per heavy atom. The number of alkyl halides is 3. The van der Waals surface area contributed by atoms with E-state index >= 15 is 0 Å². The molecular weight excluding hydrogens is 411 g/mol. The van der Waals surface area contributed by atoms with Crippen LogP contribution >= 0.6 is 0 Å². The third-order valence-corrected chi connectivity index (χ3v) is 5.11. The number of rotatable bonds is 5. The van der Waals surface area contributed by atoms with Crippen LogP contribution in [0.15, 0.2) is 64.0 Å². The molecule has 7 nitrogen and oxygen atoms in total. The maximum absolute atomic E-state index is 12.8. The van der Waals surface area contributed by atoms with Crippen LogP contribution in [0.2, 0.25) is 0 Å². The zero-order chi connectivity index (χ0) is 21.2. The maximum Gasteiger partial charge on any atom is 0.416 e. The molecule has 0 fully saturated rings. The highest BCUT2D eigenvalue weighted by Gasteiger charge is 2.30. The Kier molecular flexibility index (Phi) is 5.33. The van der Waals surface area contributed by atoms with Crippen LogP contribution in [-0.2, 0) is 16.2 Å². The van der Waals surface area contributed by atoms with E-state index in [0.29, 0.717) is 5.76 Å². The van der Waals surface area contributed by atoms with Gasteiger partial charge in [0.1, 0.15) is 5.76 Å². The largest absolute Gasteiger partial charge is 0.416 e. The standard InChI is InChI=1S/C18H14F3N3O4S/c1-11-9-16(23-28-11)24-29(26,27)15-7-5-14(6-8-15)22-17(25)12-3-2-4-13(10-12)18(19,20)21/h2-10H,1H3,(H,22,25)(H,23,24). The fourth-order valence-corrected chi connectivity index (χ4v) is 3.35. The molecule has 3 aromatic rings. The Bertz CT molecular complexity index is 1140. The van der Waals surface area contributed by atoms with Crippen molar-refractivity contribution in [3.8, 4) is 0 Å². The first-order valence-electron chi connectivity index (χ1n) is 8.09. The SMILES string of the molecule is Cc1cc(NS(=O)(=O)c2ccc(NC(=O)c3cccc(C(F)(F)F)c3)cc2)no1. The van der Waals surface area contributed by atoms with Crippen molar-refractivity contribution in [1.82, 2.24) is 5.16 Å². The maximum atomic E-state index is 12.8. The van der Waals surface area contributed by atoms with E-state index in [1.54, 1.807) is 6.92 Å². The fraction of sp³-hybridized carbons (Fsp3) is 0.111. The van der Waals surface area contributed by atoms with Gasteiger partial charge in [0.25, 0.3) is 15.9 Å². The molecular formula is C18H14F3N3O4S. The zero-order valence-electron chi connectivity index (χ0n) is 14.8. The van der Waals surface area contributed by atoms with Gasteiger partial charge in [-0.25, -0.2) is 8.42 Å². The van der Waals surface area contributed by atoms with Crippen LogP contribution in [0.3, 0.4) is 0 Å². The third-order valence-electron chi connectivity index (χ3n) is 3.74. The van der Waals surface area contributed by atoms with E-state index in [-0.39, 0.29) is 22.0 Å². The van der Waals surface area contributed by atoms with E-state index in [0.717, 1.165) is 18.2 Å². The van der Waals surface area contributed by atoms with Crippen LogP contribution < -0.4 is 10.0 Å². The fourth-order valence-electron chi connectivity index (χ4n) is 2.37. The van der Waals surface area contributed by atoms with Gasteiger partial charge in [-0.3, -0.25) is 9.52 Å². The van der Waals surface area contributed by atoms with Crippen LogP contribution in [0.5, 0.6) is 0 Å². The lowest BCUT2D eigenvalue weighted by Crippen LogP contribution is -2.15. The molecule has 0 atom stereocenters. The molecule has 152 valence electrons. The van der Waals surface area contributed by atoms with Gasteiger partial charge in [-0.05, 0) is 49.4 Å². The lowest BCUT2D eigenvalue weighted by molar-refractivity contribution is -0.137. The Balaban J connectivity index is 1.73. The van der Waals surface area contributed by atoms with Gasteiger partial charge in [-0.1, -0.05) is 11.2 Å². The Morgan fingerprint density at radius 1 is 1.07 bits per heavy atom. The molecule has 2 N–H and O–H groups in total. The summed E-state index contributed by atoms with van der Waals surface area (Å²) >= 11 is 0. The van der Waals surface area contributed by atoms with E-state index in [4.69, 9.17) is 4.52 Å². The van der Waals surface area contributed by atoms with E-state index in [2.05, 4.69) is 15.2 Å². The van der Waals surface area contributed by atoms with E-state index in [1.165, 1.54) is 36.4 Å². The molecule has 11 heteroatoms. The van der Waals surface area contributed by atoms with Gasteiger partial charge in [0.05, 0.1) is 10.5 Å². The molecule has 0 saturated carbocycles. The number of carbonyl (C=O) groups is 1. The first kappa shape index (κ1) is 20.4. The number of sulfonamides is 1. The quantitative estimate of drug-likeness (QED) is 0.642. The van der Waals surface area contributed by atoms with Crippen molar-refractivity contribution >= 4 is 27.4 Å². The average molecular weight is 425 g/mol. The third kappa shape index (κ3) is 4.93. The van der Waals surface area contributed by atoms with Crippen LogP contribution in [0.4, 0.5) is 24.7 Å². The Morgan fingerprint density at radius 3 is 2.34 bits per heavy atom. The lowest BCUT2D eigenvalue weighted by Gasteiger charge is -2.10. The second-order valence-electron chi connectivity index (χ2n) is 5.99. The molecule has 1 amide bonds. The minimum Gasteiger partial charge on any atom is -0.360 e. The zero-order valence-corrected chi connectivity index (χ0v) is 15.6. The van der Waals surface area contributed by atoms with Gasteiger partial charge >= 0.3 is 6.18 Å². The van der Waals surface area contributed by atoms with Gasteiger partial charge in [-0.2, -0.15) is 13.2 Å². The molecule has 3 rings (SSSR count). The van der Waals surface area contributed by atoms with Gasteiger partial charge in [-0.15, -0.1) is 0 Å². The summed E-state index contributed by atoms with van der Waals surface area (Å²) in [6.07, 6.45) is -4.57. The van der Waals surface area contributed by atoms with E-state index in [9.17, 15) is 26.4 Å². The first-order chi connectivity index (χ1) is 13.5. The van der Waals surface area contributed by atoms with Crippen molar-refractivity contribution in [3.05, 3.63) is 71.5 Å². The highest BCUT2D eigenvalue weighted by atomic mass is 32.2. The van der Waals surface area contributed by atoms with Crippen LogP contribution in [0, 0.1) is 6.92 Å². The topological polar surface area (TPSA) is 101 Å². The van der Waals surface area contributed by atoms with Gasteiger partial charge in [0, 0.05) is 17.3 Å². The predicted octanol–water partition coefficient (Wildman–Crippen LogP) is 4.05. The summed E-state index contributed by atoms with van der Waals surface area (Å²) in [6.45, 7) is 1.60. The van der Waals surface area contributed by atoms with Crippen molar-refractivity contribution in [2.24, 2.45) is 0 Å². The molecule has 0 saturated heterocycles. The highest BCUT2D eigenvalue weighted by Crippen LogP contribution is 2.29. The second-order valence-corrected chi connectivity index (χ2v) is 7.67. The van der Waals surface area contributed by atoms with Crippen LogP contribution in [0.25, 0.3) is 0 Å². The second kappa shape index (κ2) is 7.59. The molecule has 0 aliphatic rings. The molecule has 0 aliphatic heterocycles. The number of aromatic nitrogens is 1. The molecule has 29 heavy (non-hydrogen) atoms. The average Bonchev–Trinajstić information content (AvgIpc) is 3.05. The number of aryl methyl sites for hydroxylation is 1. The summed E-state index contributed by atoms with van der Waals surface area (Å²) in [5.74, 6) is -0.317. The number of hydrogen-bond acceptors (Lipinski definition) is 5. The molecule has 0 aliphatic carbocycles. The van der Waals surface area contributed by atoms with Crippen molar-refractivity contribution < 1.29 is 30.9 Å². The normalized spacial score (nSPS) is 11.9. The molecule has 0 unspecified atom stereocenters. The molecule has 0 radical (unpaired) electrons. The Hall–Kier alpha value is -3.34. The summed E-state index contributed by atoms with van der Waals surface area (Å²) in [7, 11) is -3.93. The number of anilines is 2. The van der Waals surface area contributed by atoms with E-state index < -0.39 is 27.7 Å². The van der Waals surface area contributed by atoms with Crippen molar-refractivity contribution in [2.45, 2.75) is 18.0 Å². The summed E-state index contributed by atoms with van der Waals surface area (Å²) in [4.78, 5) is 12.1. The number of benzene rings is 2. The highest BCUT2D eigenvalue weighted by molar-refractivity contribution is 7.92. The minimum absolute atomic E-state index is 0.0180. The summed E-state index contributed by atoms with van der Waals surface area (Å²) < 4.78 is 69.9. The number of amides is 1. The number of nitrogens with one attached hydrogen (secondary N) is 2. The molecule has 1 aromatic heterocycles. The Labute approximate surface area is 163 Å². The monoisotopic (exact) mass is 425 g/mol. The summed E-state index contributed by atoms with van der Waals surface area (Å²) in [6, 6.07) is 10.5. The van der Waals surface area contributed by atoms with Crippen molar-refractivity contribution in [1.29, 1.82) is 0 Å². The van der Waals surface area contributed by atoms with Gasteiger partial charge < -0.3 is 9.84 Å². The summed E-state index contributed by atoms with van der Waals surface area (Å²) in [5, 5.41) is 5.96. The molecule has 0 bridgehead atoms. The summed E-state index contributed by atoms with van der Waals surface area (Å²) in [5.41, 5.74) is -0.913. The van der Waals surface area contributed by atoms with Gasteiger partial charge in [0.2, 0.25) is 0 Å². The van der Waals surface area contributed by atoms with Crippen molar-refractivity contribution in [2.75, 3.05) is 10.0 Å². The first-order valence-corrected chi connectivity index (χ1v) is 9.58.